The van der Waals surface area contributed by atoms with E-state index in [1.165, 1.54) is 5.56 Å². The summed E-state index contributed by atoms with van der Waals surface area (Å²) < 4.78 is 5.33. The summed E-state index contributed by atoms with van der Waals surface area (Å²) in [6.45, 7) is 1.99. The smallest absolute Gasteiger partial charge is 0.0702 e. The third kappa shape index (κ3) is 1.89. The Hall–Kier alpha value is -0.870. The molecule has 4 heteroatoms. The van der Waals surface area contributed by atoms with Crippen molar-refractivity contribution in [1.29, 1.82) is 0 Å². The van der Waals surface area contributed by atoms with Crippen LogP contribution in [-0.2, 0) is 4.74 Å². The lowest BCUT2D eigenvalue weighted by atomic mass is 9.92. The zero-order chi connectivity index (χ0) is 9.10. The molecule has 0 saturated carbocycles. The number of aromatic nitrogens is 2. The Morgan fingerprint density at radius 2 is 2.46 bits per heavy atom. The second-order valence-corrected chi connectivity index (χ2v) is 3.48. The lowest BCUT2D eigenvalue weighted by molar-refractivity contribution is 0.0738. The molecule has 0 radical (unpaired) electrons. The molecule has 1 aliphatic heterocycles. The molecule has 0 aliphatic carbocycles. The van der Waals surface area contributed by atoms with E-state index in [-0.39, 0.29) is 0 Å². The molecule has 2 rings (SSSR count). The first-order chi connectivity index (χ1) is 6.40. The van der Waals surface area contributed by atoms with Crippen LogP contribution in [0, 0.1) is 0 Å². The summed E-state index contributed by atoms with van der Waals surface area (Å²) in [4.78, 5) is 0. The number of piperidine rings is 1. The van der Waals surface area contributed by atoms with Crippen molar-refractivity contribution in [3.63, 3.8) is 0 Å². The number of hydrogen-bond donors (Lipinski definition) is 2. The van der Waals surface area contributed by atoms with E-state index in [0.29, 0.717) is 12.0 Å². The largest absolute Gasteiger partial charge is 0.380 e. The summed E-state index contributed by atoms with van der Waals surface area (Å²) in [7, 11) is 1.77. The third-order valence-corrected chi connectivity index (χ3v) is 2.63. The fourth-order valence-electron chi connectivity index (χ4n) is 1.82. The predicted octanol–water partition coefficient (Wildman–Crippen LogP) is 0.502. The van der Waals surface area contributed by atoms with E-state index < -0.39 is 0 Å². The highest BCUT2D eigenvalue weighted by Gasteiger charge is 2.22. The molecule has 0 spiro atoms. The van der Waals surface area contributed by atoms with Crippen LogP contribution in [0.3, 0.4) is 0 Å². The second-order valence-electron chi connectivity index (χ2n) is 3.48. The first-order valence-corrected chi connectivity index (χ1v) is 4.62. The van der Waals surface area contributed by atoms with E-state index in [9.17, 15) is 0 Å². The Morgan fingerprint density at radius 1 is 1.54 bits per heavy atom. The Kier molecular flexibility index (Phi) is 2.61. The van der Waals surface area contributed by atoms with Gasteiger partial charge in [-0.25, -0.2) is 0 Å². The highest BCUT2D eigenvalue weighted by atomic mass is 16.5. The summed E-state index contributed by atoms with van der Waals surface area (Å²) in [5, 5.41) is 10.2. The summed E-state index contributed by atoms with van der Waals surface area (Å²) in [5.74, 6) is 0.539. The molecule has 1 saturated heterocycles. The molecule has 1 aromatic rings. The minimum Gasteiger partial charge on any atom is -0.380 e. The van der Waals surface area contributed by atoms with E-state index in [1.54, 1.807) is 7.11 Å². The fourth-order valence-corrected chi connectivity index (χ4v) is 1.82. The van der Waals surface area contributed by atoms with Crippen LogP contribution in [0.15, 0.2) is 12.4 Å². The normalized spacial score (nSPS) is 29.0. The van der Waals surface area contributed by atoms with Gasteiger partial charge in [0.2, 0.25) is 0 Å². The number of nitrogens with zero attached hydrogens (tertiary/aromatic N) is 1. The van der Waals surface area contributed by atoms with Gasteiger partial charge in [0, 0.05) is 32.3 Å². The van der Waals surface area contributed by atoms with Crippen LogP contribution in [0.25, 0.3) is 0 Å². The minimum atomic E-state index is 0.341. The van der Waals surface area contributed by atoms with Crippen LogP contribution in [0.2, 0.25) is 0 Å². The van der Waals surface area contributed by atoms with E-state index in [2.05, 4.69) is 15.5 Å². The zero-order valence-corrected chi connectivity index (χ0v) is 7.79. The van der Waals surface area contributed by atoms with Crippen molar-refractivity contribution in [2.45, 2.75) is 18.4 Å². The number of nitrogens with one attached hydrogen (secondary N) is 2. The molecule has 13 heavy (non-hydrogen) atoms. The third-order valence-electron chi connectivity index (χ3n) is 2.63. The maximum Gasteiger partial charge on any atom is 0.0702 e. The molecule has 2 N–H and O–H groups in total. The maximum atomic E-state index is 5.33. The Balaban J connectivity index is 2.00. The van der Waals surface area contributed by atoms with Gasteiger partial charge in [-0.3, -0.25) is 5.10 Å². The SMILES string of the molecule is COC1CNCC(c2cn[nH]c2)C1. The van der Waals surface area contributed by atoms with Crippen molar-refractivity contribution in [1.82, 2.24) is 15.5 Å². The molecule has 1 aliphatic rings. The average molecular weight is 181 g/mol. The first kappa shape index (κ1) is 8.72. The van der Waals surface area contributed by atoms with Gasteiger partial charge in [-0.15, -0.1) is 0 Å². The molecule has 2 unspecified atom stereocenters. The number of ether oxygens (including phenoxy) is 1. The summed E-state index contributed by atoms with van der Waals surface area (Å²) in [6.07, 6.45) is 5.28. The molecule has 0 aromatic carbocycles. The molecule has 0 amide bonds. The van der Waals surface area contributed by atoms with Gasteiger partial charge < -0.3 is 10.1 Å². The van der Waals surface area contributed by atoms with Gasteiger partial charge in [0.1, 0.15) is 0 Å². The predicted molar refractivity (Wildman–Crippen MR) is 49.6 cm³/mol. The van der Waals surface area contributed by atoms with Crippen molar-refractivity contribution >= 4 is 0 Å². The van der Waals surface area contributed by atoms with Gasteiger partial charge in [0.05, 0.1) is 12.3 Å². The van der Waals surface area contributed by atoms with E-state index >= 15 is 0 Å². The second kappa shape index (κ2) is 3.89. The molecule has 2 atom stereocenters. The molecule has 72 valence electrons. The van der Waals surface area contributed by atoms with Gasteiger partial charge >= 0.3 is 0 Å². The zero-order valence-electron chi connectivity index (χ0n) is 7.79. The summed E-state index contributed by atoms with van der Waals surface area (Å²) in [5.41, 5.74) is 1.27. The van der Waals surface area contributed by atoms with Crippen molar-refractivity contribution < 1.29 is 4.74 Å². The van der Waals surface area contributed by atoms with Gasteiger partial charge in [-0.1, -0.05) is 0 Å². The molecule has 4 nitrogen and oxygen atoms in total. The van der Waals surface area contributed by atoms with Crippen LogP contribution in [0.1, 0.15) is 17.9 Å². The van der Waals surface area contributed by atoms with Crippen molar-refractivity contribution in [2.24, 2.45) is 0 Å². The topological polar surface area (TPSA) is 49.9 Å². The summed E-state index contributed by atoms with van der Waals surface area (Å²) >= 11 is 0. The Morgan fingerprint density at radius 3 is 3.15 bits per heavy atom. The first-order valence-electron chi connectivity index (χ1n) is 4.62. The average Bonchev–Trinajstić information content (AvgIpc) is 2.71. The molecular formula is C9H15N3O. The van der Waals surface area contributed by atoms with Crippen LogP contribution < -0.4 is 5.32 Å². The number of H-pyrrole nitrogens is 1. The summed E-state index contributed by atoms with van der Waals surface area (Å²) in [6, 6.07) is 0. The highest BCUT2D eigenvalue weighted by Crippen LogP contribution is 2.23. The highest BCUT2D eigenvalue weighted by molar-refractivity contribution is 5.12. The van der Waals surface area contributed by atoms with E-state index in [0.717, 1.165) is 19.5 Å². The van der Waals surface area contributed by atoms with Gasteiger partial charge in [-0.2, -0.15) is 5.10 Å². The van der Waals surface area contributed by atoms with Gasteiger partial charge in [-0.05, 0) is 12.0 Å². The van der Waals surface area contributed by atoms with Crippen molar-refractivity contribution in [3.8, 4) is 0 Å². The molecular weight excluding hydrogens is 166 g/mol. The van der Waals surface area contributed by atoms with Crippen molar-refractivity contribution in [2.75, 3.05) is 20.2 Å². The van der Waals surface area contributed by atoms with Crippen LogP contribution in [0.5, 0.6) is 0 Å². The monoisotopic (exact) mass is 181 g/mol. The Labute approximate surface area is 77.7 Å². The number of hydrogen-bond acceptors (Lipinski definition) is 3. The minimum absolute atomic E-state index is 0.341. The number of methoxy groups -OCH3 is 1. The standard InChI is InChI=1S/C9H15N3O/c1-13-9-2-7(3-10-6-9)8-4-11-12-5-8/h4-5,7,9-10H,2-3,6H2,1H3,(H,11,12). The quantitative estimate of drug-likeness (QED) is 0.698. The maximum absolute atomic E-state index is 5.33. The Bertz CT molecular complexity index is 247. The number of rotatable bonds is 2. The van der Waals surface area contributed by atoms with Gasteiger partial charge in [0.15, 0.2) is 0 Å². The lowest BCUT2D eigenvalue weighted by Crippen LogP contribution is -2.39. The van der Waals surface area contributed by atoms with Crippen LogP contribution in [0.4, 0.5) is 0 Å². The molecule has 1 aromatic heterocycles. The molecule has 0 bridgehead atoms. The molecule has 2 heterocycles. The van der Waals surface area contributed by atoms with Crippen LogP contribution in [-0.4, -0.2) is 36.5 Å². The van der Waals surface area contributed by atoms with Gasteiger partial charge in [0.25, 0.3) is 0 Å². The molecule has 1 fully saturated rings. The lowest BCUT2D eigenvalue weighted by Gasteiger charge is -2.28. The van der Waals surface area contributed by atoms with Crippen molar-refractivity contribution in [3.05, 3.63) is 18.0 Å². The number of aromatic amines is 1. The fraction of sp³-hybridized carbons (Fsp3) is 0.667. The van der Waals surface area contributed by atoms with E-state index in [4.69, 9.17) is 4.74 Å². The van der Waals surface area contributed by atoms with E-state index in [1.807, 2.05) is 12.4 Å². The van der Waals surface area contributed by atoms with Crippen LogP contribution >= 0.6 is 0 Å².